The first-order chi connectivity index (χ1) is 17.0. The van der Waals surface area contributed by atoms with E-state index in [1.165, 1.54) is 6.07 Å². The van der Waals surface area contributed by atoms with Gasteiger partial charge < -0.3 is 15.4 Å². The summed E-state index contributed by atoms with van der Waals surface area (Å²) in [6.45, 7) is 0.0721. The van der Waals surface area contributed by atoms with Gasteiger partial charge in [0.15, 0.2) is 23.9 Å². The van der Waals surface area contributed by atoms with E-state index >= 15 is 0 Å². The van der Waals surface area contributed by atoms with Gasteiger partial charge in [-0.3, -0.25) is 14.4 Å². The zero-order valence-corrected chi connectivity index (χ0v) is 18.5. The summed E-state index contributed by atoms with van der Waals surface area (Å²) in [5.74, 6) is -1.32. The van der Waals surface area contributed by atoms with Crippen molar-refractivity contribution in [3.8, 4) is 5.75 Å². The highest BCUT2D eigenvalue weighted by Crippen LogP contribution is 2.28. The van der Waals surface area contributed by atoms with Crippen molar-refractivity contribution in [2.75, 3.05) is 11.9 Å². The number of benzene rings is 2. The molecule has 35 heavy (non-hydrogen) atoms. The molecule has 0 saturated heterocycles. The lowest BCUT2D eigenvalue weighted by atomic mass is 10.1. The molecule has 0 saturated carbocycles. The van der Waals surface area contributed by atoms with Crippen LogP contribution in [-0.4, -0.2) is 38.8 Å². The first-order valence-electron chi connectivity index (χ1n) is 10.9. The summed E-state index contributed by atoms with van der Waals surface area (Å²) in [6.07, 6.45) is 1.61. The number of fused-ring (bicyclic) bond motifs is 2. The van der Waals surface area contributed by atoms with Crippen molar-refractivity contribution in [2.45, 2.75) is 19.4 Å². The predicted octanol–water partition coefficient (Wildman–Crippen LogP) is 2.94. The summed E-state index contributed by atoms with van der Waals surface area (Å²) in [7, 11) is 0. The summed E-state index contributed by atoms with van der Waals surface area (Å²) in [4.78, 5) is 41.4. The van der Waals surface area contributed by atoms with Crippen LogP contribution in [0.4, 0.5) is 10.1 Å². The number of aryl methyl sites for hydroxylation is 1. The largest absolute Gasteiger partial charge is 0.482 e. The van der Waals surface area contributed by atoms with Gasteiger partial charge in [-0.25, -0.2) is 13.9 Å². The van der Waals surface area contributed by atoms with E-state index in [1.807, 2.05) is 30.3 Å². The zero-order chi connectivity index (χ0) is 24.4. The van der Waals surface area contributed by atoms with Crippen molar-refractivity contribution in [3.05, 3.63) is 89.1 Å². The summed E-state index contributed by atoms with van der Waals surface area (Å²) in [5, 5.41) is 9.34. The molecule has 1 aliphatic heterocycles. The Hall–Kier alpha value is -4.60. The Morgan fingerprint density at radius 3 is 2.77 bits per heavy atom. The lowest BCUT2D eigenvalue weighted by molar-refractivity contribution is -0.118. The number of hydrogen-bond donors (Lipinski definition) is 2. The maximum Gasteiger partial charge on any atom is 0.270 e. The molecule has 0 aliphatic carbocycles. The van der Waals surface area contributed by atoms with Crippen LogP contribution >= 0.6 is 0 Å². The highest BCUT2D eigenvalue weighted by Gasteiger charge is 2.20. The van der Waals surface area contributed by atoms with Gasteiger partial charge in [0.2, 0.25) is 0 Å². The van der Waals surface area contributed by atoms with Gasteiger partial charge in [0.05, 0.1) is 11.9 Å². The molecular formula is C25H20FN5O4. The fraction of sp³-hybridized carbons (Fsp3) is 0.160. The first kappa shape index (κ1) is 22.2. The van der Waals surface area contributed by atoms with E-state index in [9.17, 15) is 18.8 Å². The van der Waals surface area contributed by atoms with E-state index in [4.69, 9.17) is 4.74 Å². The molecule has 2 N–H and O–H groups in total. The van der Waals surface area contributed by atoms with Gasteiger partial charge >= 0.3 is 0 Å². The van der Waals surface area contributed by atoms with Crippen molar-refractivity contribution in [1.29, 1.82) is 0 Å². The number of rotatable bonds is 7. The molecule has 0 fully saturated rings. The number of ether oxygens (including phenoxy) is 1. The third-order valence-electron chi connectivity index (χ3n) is 5.56. The van der Waals surface area contributed by atoms with Crippen LogP contribution in [0.15, 0.2) is 60.8 Å². The summed E-state index contributed by atoms with van der Waals surface area (Å²) in [6, 6.07) is 16.0. The fourth-order valence-corrected chi connectivity index (χ4v) is 3.79. The van der Waals surface area contributed by atoms with E-state index in [1.54, 1.807) is 18.2 Å². The number of aromatic nitrogens is 3. The van der Waals surface area contributed by atoms with Crippen molar-refractivity contribution in [3.63, 3.8) is 0 Å². The van der Waals surface area contributed by atoms with E-state index in [0.717, 1.165) is 16.3 Å². The number of nitrogens with zero attached hydrogens (tertiary/aromatic N) is 3. The van der Waals surface area contributed by atoms with Gasteiger partial charge in [0.25, 0.3) is 11.8 Å². The molecule has 10 heteroatoms. The Morgan fingerprint density at radius 1 is 1.11 bits per heavy atom. The van der Waals surface area contributed by atoms with Gasteiger partial charge in [-0.15, -0.1) is 0 Å². The van der Waals surface area contributed by atoms with E-state index in [0.29, 0.717) is 23.4 Å². The number of ketones is 1. The van der Waals surface area contributed by atoms with Crippen molar-refractivity contribution >= 4 is 28.9 Å². The lowest BCUT2D eigenvalue weighted by Crippen LogP contribution is -2.27. The molecule has 9 nitrogen and oxygen atoms in total. The lowest BCUT2D eigenvalue weighted by Gasteiger charge is -2.18. The molecule has 0 unspecified atom stereocenters. The molecule has 2 aromatic carbocycles. The number of nitrogens with one attached hydrogen (secondary N) is 2. The minimum absolute atomic E-state index is 0.0468. The smallest absolute Gasteiger partial charge is 0.270 e. The predicted molar refractivity (Wildman–Crippen MR) is 124 cm³/mol. The standard InChI is InChI=1S/C25H20FN5O4/c26-17-13-28-31-20(21(32)8-6-15-4-2-1-3-5-15)11-19(30-24(17)31)25(34)27-12-16-7-9-22-18(10-16)29-23(33)14-35-22/h1-5,7,9-11,13H,6,8,12,14H2,(H,27,34)(H,29,33). The van der Waals surface area contributed by atoms with E-state index < -0.39 is 11.7 Å². The average Bonchev–Trinajstić information content (AvgIpc) is 3.26. The van der Waals surface area contributed by atoms with Crippen molar-refractivity contribution in [1.82, 2.24) is 19.9 Å². The summed E-state index contributed by atoms with van der Waals surface area (Å²) >= 11 is 0. The number of hydrogen-bond acceptors (Lipinski definition) is 6. The second kappa shape index (κ2) is 9.34. The number of anilines is 1. The average molecular weight is 473 g/mol. The molecule has 5 rings (SSSR count). The molecule has 0 atom stereocenters. The molecule has 3 heterocycles. The Balaban J connectivity index is 1.34. The third-order valence-corrected chi connectivity index (χ3v) is 5.56. The second-order valence-electron chi connectivity index (χ2n) is 8.01. The van der Waals surface area contributed by atoms with Gasteiger partial charge in [0.1, 0.15) is 17.1 Å². The number of halogens is 1. The Bertz CT molecular complexity index is 1450. The fourth-order valence-electron chi connectivity index (χ4n) is 3.79. The SMILES string of the molecule is O=C1COc2ccc(CNC(=O)c3cc(C(=O)CCc4ccccc4)n4ncc(F)c4n3)cc2N1. The van der Waals surface area contributed by atoms with Crippen LogP contribution in [0.25, 0.3) is 5.65 Å². The van der Waals surface area contributed by atoms with Crippen molar-refractivity contribution < 1.29 is 23.5 Å². The molecule has 2 aromatic heterocycles. The highest BCUT2D eigenvalue weighted by atomic mass is 19.1. The Labute approximate surface area is 198 Å². The summed E-state index contributed by atoms with van der Waals surface area (Å²) in [5.41, 5.74) is 1.98. The van der Waals surface area contributed by atoms with Crippen molar-refractivity contribution in [2.24, 2.45) is 0 Å². The molecule has 0 spiro atoms. The molecule has 0 radical (unpaired) electrons. The van der Waals surface area contributed by atoms with Gasteiger partial charge in [0, 0.05) is 13.0 Å². The van der Waals surface area contributed by atoms with Crippen LogP contribution < -0.4 is 15.4 Å². The Kier molecular flexibility index (Phi) is 5.92. The molecule has 1 aliphatic rings. The first-order valence-corrected chi connectivity index (χ1v) is 10.9. The maximum absolute atomic E-state index is 14.3. The molecular weight excluding hydrogens is 453 g/mol. The normalized spacial score (nSPS) is 12.5. The van der Waals surface area contributed by atoms with Gasteiger partial charge in [-0.1, -0.05) is 36.4 Å². The number of carbonyl (C=O) groups is 3. The topological polar surface area (TPSA) is 115 Å². The minimum atomic E-state index is -0.734. The Morgan fingerprint density at radius 2 is 1.94 bits per heavy atom. The summed E-state index contributed by atoms with van der Waals surface area (Å²) < 4.78 is 20.7. The molecule has 4 aromatic rings. The van der Waals surface area contributed by atoms with Gasteiger partial charge in [-0.05, 0) is 35.7 Å². The molecule has 2 amide bonds. The maximum atomic E-state index is 14.3. The molecule has 176 valence electrons. The highest BCUT2D eigenvalue weighted by molar-refractivity contribution is 5.99. The minimum Gasteiger partial charge on any atom is -0.482 e. The van der Waals surface area contributed by atoms with Gasteiger partial charge in [-0.2, -0.15) is 5.10 Å². The molecule has 0 bridgehead atoms. The van der Waals surface area contributed by atoms with Crippen LogP contribution in [0.2, 0.25) is 0 Å². The van der Waals surface area contributed by atoms with Crippen LogP contribution in [-0.2, 0) is 17.8 Å². The second-order valence-corrected chi connectivity index (χ2v) is 8.01. The van der Waals surface area contributed by atoms with Crippen LogP contribution in [0, 0.1) is 5.82 Å². The van der Waals surface area contributed by atoms with E-state index in [2.05, 4.69) is 20.7 Å². The van der Waals surface area contributed by atoms with Crippen LogP contribution in [0.3, 0.4) is 0 Å². The zero-order valence-electron chi connectivity index (χ0n) is 18.5. The van der Waals surface area contributed by atoms with Crippen LogP contribution in [0.5, 0.6) is 5.75 Å². The van der Waals surface area contributed by atoms with E-state index in [-0.39, 0.29) is 48.3 Å². The number of carbonyl (C=O) groups excluding carboxylic acids is 3. The quantitative estimate of drug-likeness (QED) is 0.399. The third kappa shape index (κ3) is 4.72. The van der Waals surface area contributed by atoms with Crippen LogP contribution in [0.1, 0.15) is 38.5 Å². The monoisotopic (exact) mass is 473 g/mol. The number of Topliss-reactive ketones (excluding diaryl/α,β-unsaturated/α-hetero) is 1. The number of amides is 2.